The summed E-state index contributed by atoms with van der Waals surface area (Å²) in [4.78, 5) is 10.6. The van der Waals surface area contributed by atoms with Gasteiger partial charge in [0, 0.05) is 49.3 Å². The second-order valence-corrected chi connectivity index (χ2v) is 15.0. The van der Waals surface area contributed by atoms with Gasteiger partial charge in [0.1, 0.15) is 0 Å². The van der Waals surface area contributed by atoms with Crippen molar-refractivity contribution < 1.29 is 0 Å². The number of fused-ring (bicyclic) bond motifs is 9. The van der Waals surface area contributed by atoms with E-state index in [0.717, 1.165) is 61.3 Å². The molecule has 12 aromatic rings. The van der Waals surface area contributed by atoms with Crippen LogP contribution in [0, 0.1) is 0 Å². The second kappa shape index (κ2) is 12.9. The molecule has 4 heteroatoms. The molecule has 0 saturated carbocycles. The molecule has 0 aliphatic rings. The van der Waals surface area contributed by atoms with E-state index in [4.69, 9.17) is 9.97 Å². The highest BCUT2D eigenvalue weighted by molar-refractivity contribution is 6.29. The van der Waals surface area contributed by atoms with Crippen molar-refractivity contribution in [3.63, 3.8) is 0 Å². The van der Waals surface area contributed by atoms with Gasteiger partial charge in [-0.2, -0.15) is 0 Å². The molecule has 0 N–H and O–H groups in total. The molecule has 3 heterocycles. The average Bonchev–Trinajstić information content (AvgIpc) is 3.82. The molecule has 0 bridgehead atoms. The first kappa shape index (κ1) is 32.4. The van der Waals surface area contributed by atoms with E-state index in [0.29, 0.717) is 5.82 Å². The second-order valence-electron chi connectivity index (χ2n) is 15.0. The molecular weight excluding hydrogens is 705 g/mol. The molecule has 0 aliphatic heterocycles. The van der Waals surface area contributed by atoms with Crippen LogP contribution in [0.25, 0.3) is 110 Å². The topological polar surface area (TPSA) is 35.6 Å². The van der Waals surface area contributed by atoms with Crippen molar-refractivity contribution in [2.75, 3.05) is 0 Å². The summed E-state index contributed by atoms with van der Waals surface area (Å²) in [5.74, 6) is 0.686. The predicted octanol–water partition coefficient (Wildman–Crippen LogP) is 14.0. The Hall–Kier alpha value is -7.82. The minimum atomic E-state index is 0.686. The van der Waals surface area contributed by atoms with Crippen LogP contribution in [0.3, 0.4) is 0 Å². The highest BCUT2D eigenvalue weighted by atomic mass is 15.0. The molecule has 9 aromatic carbocycles. The largest absolute Gasteiger partial charge is 0.309 e. The molecule has 0 spiro atoms. The highest BCUT2D eigenvalue weighted by Gasteiger charge is 2.22. The summed E-state index contributed by atoms with van der Waals surface area (Å²) in [5.41, 5.74) is 11.8. The molecule has 12 rings (SSSR count). The van der Waals surface area contributed by atoms with Crippen LogP contribution in [0.2, 0.25) is 0 Å². The quantitative estimate of drug-likeness (QED) is 0.176. The van der Waals surface area contributed by atoms with E-state index in [9.17, 15) is 0 Å². The van der Waals surface area contributed by atoms with E-state index >= 15 is 0 Å². The van der Waals surface area contributed by atoms with Crippen LogP contribution < -0.4 is 0 Å². The minimum absolute atomic E-state index is 0.686. The molecule has 0 amide bonds. The van der Waals surface area contributed by atoms with Gasteiger partial charge in [0.05, 0.1) is 39.1 Å². The van der Waals surface area contributed by atoms with Crippen molar-refractivity contribution in [2.24, 2.45) is 0 Å². The smallest absolute Gasteiger partial charge is 0.160 e. The van der Waals surface area contributed by atoms with Gasteiger partial charge in [-0.05, 0) is 76.8 Å². The molecule has 0 fully saturated rings. The SMILES string of the molecule is c1ccc(-c2cc(-c3ccc4ccccc4c3)nc(-c3cc(-n4c5ccccc5c5c6c7ccccc7n(-c7ccccc7)c6ccc54)c4ccccc4c3)n2)cc1. The number of benzene rings is 9. The predicted molar refractivity (Wildman–Crippen MR) is 242 cm³/mol. The Kier molecular flexibility index (Phi) is 7.20. The van der Waals surface area contributed by atoms with E-state index < -0.39 is 0 Å². The lowest BCUT2D eigenvalue weighted by Crippen LogP contribution is -1.99. The van der Waals surface area contributed by atoms with E-state index in [2.05, 4.69) is 209 Å². The number of hydrogen-bond donors (Lipinski definition) is 0. The third-order valence-corrected chi connectivity index (χ3v) is 11.7. The fourth-order valence-corrected chi connectivity index (χ4v) is 9.07. The average molecular weight is 739 g/mol. The molecule has 0 atom stereocenters. The first-order valence-electron chi connectivity index (χ1n) is 19.7. The minimum Gasteiger partial charge on any atom is -0.309 e. The van der Waals surface area contributed by atoms with Gasteiger partial charge in [-0.1, -0.05) is 146 Å². The van der Waals surface area contributed by atoms with Crippen molar-refractivity contribution >= 4 is 65.2 Å². The standard InChI is InChI=1S/C54H34N4/c1-3-16-36(17-4-1)45-34-46(39-28-27-35-15-7-8-18-37(35)31-39)56-54(55-45)40-32-38-19-9-10-22-42(38)51(33-40)58-48-26-14-12-24-44(48)53-50(58)30-29-49-52(53)43-23-11-13-25-47(43)57(49)41-20-5-2-6-21-41/h1-34H. The van der Waals surface area contributed by atoms with Crippen LogP contribution in [-0.4, -0.2) is 19.1 Å². The molecule has 58 heavy (non-hydrogen) atoms. The van der Waals surface area contributed by atoms with Crippen LogP contribution in [0.4, 0.5) is 0 Å². The summed E-state index contributed by atoms with van der Waals surface area (Å²) >= 11 is 0. The monoisotopic (exact) mass is 738 g/mol. The van der Waals surface area contributed by atoms with Crippen LogP contribution in [0.15, 0.2) is 206 Å². The summed E-state index contributed by atoms with van der Waals surface area (Å²) in [6.07, 6.45) is 0. The molecule has 0 aliphatic carbocycles. The van der Waals surface area contributed by atoms with Crippen molar-refractivity contribution in [3.05, 3.63) is 206 Å². The van der Waals surface area contributed by atoms with E-state index in [1.165, 1.54) is 43.4 Å². The Labute approximate surface area is 334 Å². The maximum Gasteiger partial charge on any atom is 0.160 e. The van der Waals surface area contributed by atoms with Crippen LogP contribution in [-0.2, 0) is 0 Å². The van der Waals surface area contributed by atoms with E-state index in [-0.39, 0.29) is 0 Å². The maximum absolute atomic E-state index is 5.34. The van der Waals surface area contributed by atoms with Crippen LogP contribution >= 0.6 is 0 Å². The van der Waals surface area contributed by atoms with E-state index in [1.54, 1.807) is 0 Å². The number of nitrogens with zero attached hydrogens (tertiary/aromatic N) is 4. The summed E-state index contributed by atoms with van der Waals surface area (Å²) < 4.78 is 4.85. The highest BCUT2D eigenvalue weighted by Crippen LogP contribution is 2.44. The first-order valence-corrected chi connectivity index (χ1v) is 19.7. The van der Waals surface area contributed by atoms with Gasteiger partial charge in [-0.15, -0.1) is 0 Å². The van der Waals surface area contributed by atoms with Gasteiger partial charge in [-0.25, -0.2) is 9.97 Å². The zero-order chi connectivity index (χ0) is 38.2. The molecular formula is C54H34N4. The lowest BCUT2D eigenvalue weighted by molar-refractivity contribution is 1.17. The fraction of sp³-hybridized carbons (Fsp3) is 0. The van der Waals surface area contributed by atoms with Crippen LogP contribution in [0.5, 0.6) is 0 Å². The summed E-state index contributed by atoms with van der Waals surface area (Å²) in [6.45, 7) is 0. The van der Waals surface area contributed by atoms with Gasteiger partial charge >= 0.3 is 0 Å². The molecule has 270 valence electrons. The number of hydrogen-bond acceptors (Lipinski definition) is 2. The molecule has 4 nitrogen and oxygen atoms in total. The zero-order valence-corrected chi connectivity index (χ0v) is 31.4. The molecule has 3 aromatic heterocycles. The Morgan fingerprint density at radius 2 is 0.845 bits per heavy atom. The van der Waals surface area contributed by atoms with Gasteiger partial charge in [0.25, 0.3) is 0 Å². The maximum atomic E-state index is 5.34. The van der Waals surface area contributed by atoms with Crippen molar-refractivity contribution in [2.45, 2.75) is 0 Å². The van der Waals surface area contributed by atoms with Gasteiger partial charge in [0.2, 0.25) is 0 Å². The summed E-state index contributed by atoms with van der Waals surface area (Å²) in [5, 5.41) is 9.63. The number of rotatable bonds is 5. The lowest BCUT2D eigenvalue weighted by Gasteiger charge is -2.15. The summed E-state index contributed by atoms with van der Waals surface area (Å²) in [6, 6.07) is 73.8. The van der Waals surface area contributed by atoms with Crippen LogP contribution in [0.1, 0.15) is 0 Å². The normalized spacial score (nSPS) is 11.8. The molecule has 0 unspecified atom stereocenters. The zero-order valence-electron chi connectivity index (χ0n) is 31.4. The summed E-state index contributed by atoms with van der Waals surface area (Å²) in [7, 11) is 0. The number of para-hydroxylation sites is 3. The number of aromatic nitrogens is 4. The van der Waals surface area contributed by atoms with Gasteiger partial charge in [-0.3, -0.25) is 0 Å². The van der Waals surface area contributed by atoms with Gasteiger partial charge in [0.15, 0.2) is 5.82 Å². The Bertz CT molecular complexity index is 3560. The third-order valence-electron chi connectivity index (χ3n) is 11.7. The Morgan fingerprint density at radius 3 is 1.57 bits per heavy atom. The first-order chi connectivity index (χ1) is 28.8. The van der Waals surface area contributed by atoms with Crippen molar-refractivity contribution in [1.29, 1.82) is 0 Å². The van der Waals surface area contributed by atoms with E-state index in [1.807, 2.05) is 6.07 Å². The fourth-order valence-electron chi connectivity index (χ4n) is 9.07. The lowest BCUT2D eigenvalue weighted by atomic mass is 10.0. The van der Waals surface area contributed by atoms with Crippen molar-refractivity contribution in [3.8, 4) is 45.3 Å². The third kappa shape index (κ3) is 5.02. The molecule has 0 saturated heterocycles. The Morgan fingerprint density at radius 1 is 0.310 bits per heavy atom. The molecule has 0 radical (unpaired) electrons. The van der Waals surface area contributed by atoms with Gasteiger partial charge < -0.3 is 9.13 Å². The van der Waals surface area contributed by atoms with Crippen molar-refractivity contribution in [1.82, 2.24) is 19.1 Å². The Balaban J connectivity index is 1.14.